The van der Waals surface area contributed by atoms with Gasteiger partial charge < -0.3 is 15.2 Å². The maximum Gasteiger partial charge on any atom is 0.244 e. The number of hydrogen-bond donors (Lipinski definition) is 2. The lowest BCUT2D eigenvalue weighted by Gasteiger charge is -2.33. The van der Waals surface area contributed by atoms with Gasteiger partial charge in [-0.05, 0) is 63.3 Å². The van der Waals surface area contributed by atoms with Crippen molar-refractivity contribution < 1.29 is 9.84 Å². The predicted octanol–water partition coefficient (Wildman–Crippen LogP) is 3.28. The fraction of sp³-hybridized carbons (Fsp3) is 0.455. The summed E-state index contributed by atoms with van der Waals surface area (Å²) < 4.78 is 9.34. The Morgan fingerprint density at radius 3 is 2.81 bits per heavy atom. The lowest BCUT2D eigenvalue weighted by Crippen LogP contribution is -2.36. The van der Waals surface area contributed by atoms with Crippen molar-refractivity contribution in [2.45, 2.75) is 57.7 Å². The van der Waals surface area contributed by atoms with E-state index in [9.17, 15) is 5.11 Å². The molecule has 0 amide bonds. The van der Waals surface area contributed by atoms with Gasteiger partial charge in [-0.15, -0.1) is 10.2 Å². The highest BCUT2D eigenvalue weighted by Gasteiger charge is 2.29. The second-order valence-electron chi connectivity index (χ2n) is 8.49. The van der Waals surface area contributed by atoms with Crippen molar-refractivity contribution in [1.29, 1.82) is 0 Å². The molecular formula is C22H27N7O2. The molecule has 1 aromatic carbocycles. The lowest BCUT2D eigenvalue weighted by atomic mass is 9.84. The van der Waals surface area contributed by atoms with E-state index >= 15 is 0 Å². The van der Waals surface area contributed by atoms with Gasteiger partial charge in [-0.25, -0.2) is 9.20 Å². The zero-order valence-electron chi connectivity index (χ0n) is 18.0. The SMILES string of the molecule is CCn1nnc2ccc(-c3ccn4nc(N[C@H]5CC[C@](C)(O)CC5)nc(OC)c34)cc21. The van der Waals surface area contributed by atoms with Crippen LogP contribution in [-0.4, -0.2) is 53.5 Å². The molecule has 162 valence electrons. The normalized spacial score (nSPS) is 21.6. The second kappa shape index (κ2) is 7.49. The van der Waals surface area contributed by atoms with Crippen LogP contribution in [0, 0.1) is 0 Å². The standard InChI is InChI=1S/C22H27N7O2/c1-4-28-18-13-14(5-6-17(18)25-27-28)16-9-12-29-19(16)20(31-3)24-21(26-29)23-15-7-10-22(2,30)11-8-15/h5-6,9,12-13,15,30H,4,7-8,10-11H2,1-3H3,(H,23,26)/t15-,22-. The van der Waals surface area contributed by atoms with Crippen LogP contribution >= 0.6 is 0 Å². The van der Waals surface area contributed by atoms with Gasteiger partial charge in [0.25, 0.3) is 0 Å². The first-order valence-electron chi connectivity index (χ1n) is 10.7. The molecule has 31 heavy (non-hydrogen) atoms. The first kappa shape index (κ1) is 19.7. The molecule has 0 unspecified atom stereocenters. The molecule has 3 aromatic heterocycles. The van der Waals surface area contributed by atoms with Gasteiger partial charge in [0, 0.05) is 24.3 Å². The maximum atomic E-state index is 10.2. The van der Waals surface area contributed by atoms with Crippen LogP contribution in [0.3, 0.4) is 0 Å². The van der Waals surface area contributed by atoms with Crippen LogP contribution in [-0.2, 0) is 6.54 Å². The second-order valence-corrected chi connectivity index (χ2v) is 8.49. The van der Waals surface area contributed by atoms with Gasteiger partial charge in [-0.3, -0.25) is 0 Å². The number of nitrogens with zero attached hydrogens (tertiary/aromatic N) is 6. The smallest absolute Gasteiger partial charge is 0.244 e. The molecular weight excluding hydrogens is 394 g/mol. The number of aliphatic hydroxyl groups is 1. The van der Waals surface area contributed by atoms with Gasteiger partial charge in [0.1, 0.15) is 11.0 Å². The number of benzene rings is 1. The minimum absolute atomic E-state index is 0.238. The number of nitrogens with one attached hydrogen (secondary N) is 1. The van der Waals surface area contributed by atoms with Crippen molar-refractivity contribution in [2.24, 2.45) is 0 Å². The number of fused-ring (bicyclic) bond motifs is 2. The van der Waals surface area contributed by atoms with Crippen molar-refractivity contribution >= 4 is 22.5 Å². The van der Waals surface area contributed by atoms with E-state index in [0.717, 1.165) is 59.9 Å². The van der Waals surface area contributed by atoms with E-state index < -0.39 is 5.60 Å². The number of ether oxygens (including phenoxy) is 1. The Kier molecular flexibility index (Phi) is 4.77. The Hall–Kier alpha value is -3.20. The summed E-state index contributed by atoms with van der Waals surface area (Å²) in [6.07, 6.45) is 5.22. The quantitative estimate of drug-likeness (QED) is 0.510. The van der Waals surface area contributed by atoms with Crippen LogP contribution in [0.1, 0.15) is 39.5 Å². The highest BCUT2D eigenvalue weighted by molar-refractivity contribution is 5.89. The molecule has 0 spiro atoms. The topological polar surface area (TPSA) is 102 Å². The number of methoxy groups -OCH3 is 1. The molecule has 1 aliphatic carbocycles. The largest absolute Gasteiger partial charge is 0.479 e. The Balaban J connectivity index is 1.50. The Morgan fingerprint density at radius 1 is 1.26 bits per heavy atom. The van der Waals surface area contributed by atoms with E-state index in [1.807, 2.05) is 47.4 Å². The Bertz CT molecular complexity index is 1230. The zero-order chi connectivity index (χ0) is 21.6. The van der Waals surface area contributed by atoms with Gasteiger partial charge in [0.05, 0.1) is 18.2 Å². The molecule has 0 saturated heterocycles. The molecule has 9 nitrogen and oxygen atoms in total. The molecule has 5 rings (SSSR count). The van der Waals surface area contributed by atoms with Crippen LogP contribution in [0.15, 0.2) is 30.5 Å². The summed E-state index contributed by atoms with van der Waals surface area (Å²) in [7, 11) is 1.62. The highest BCUT2D eigenvalue weighted by atomic mass is 16.5. The van der Waals surface area contributed by atoms with Crippen molar-refractivity contribution in [1.82, 2.24) is 29.6 Å². The Morgan fingerprint density at radius 2 is 2.06 bits per heavy atom. The predicted molar refractivity (Wildman–Crippen MR) is 118 cm³/mol. The van der Waals surface area contributed by atoms with Crippen LogP contribution in [0.2, 0.25) is 0 Å². The fourth-order valence-corrected chi connectivity index (χ4v) is 4.36. The summed E-state index contributed by atoms with van der Waals surface area (Å²) in [6, 6.07) is 8.37. The average Bonchev–Trinajstić information content (AvgIpc) is 3.38. The third-order valence-electron chi connectivity index (χ3n) is 6.19. The lowest BCUT2D eigenvalue weighted by molar-refractivity contribution is 0.0195. The first-order valence-corrected chi connectivity index (χ1v) is 10.7. The molecule has 0 aliphatic heterocycles. The van der Waals surface area contributed by atoms with E-state index in [1.54, 1.807) is 7.11 Å². The number of aromatic nitrogens is 6. The third kappa shape index (κ3) is 3.59. The van der Waals surface area contributed by atoms with Crippen LogP contribution < -0.4 is 10.1 Å². The van der Waals surface area contributed by atoms with Gasteiger partial charge in [-0.1, -0.05) is 11.3 Å². The first-order chi connectivity index (χ1) is 15.0. The van der Waals surface area contributed by atoms with Crippen LogP contribution in [0.25, 0.3) is 27.7 Å². The van der Waals surface area contributed by atoms with Crippen molar-refractivity contribution in [3.8, 4) is 17.0 Å². The molecule has 2 N–H and O–H groups in total. The average molecular weight is 422 g/mol. The van der Waals surface area contributed by atoms with Crippen molar-refractivity contribution in [3.05, 3.63) is 30.5 Å². The third-order valence-corrected chi connectivity index (χ3v) is 6.19. The van der Waals surface area contributed by atoms with Gasteiger partial charge in [0.15, 0.2) is 0 Å². The molecule has 0 radical (unpaired) electrons. The summed E-state index contributed by atoms with van der Waals surface area (Å²) in [5.41, 5.74) is 4.13. The number of aryl methyl sites for hydroxylation is 1. The van der Waals surface area contributed by atoms with E-state index in [-0.39, 0.29) is 6.04 Å². The van der Waals surface area contributed by atoms with E-state index in [2.05, 4.69) is 31.8 Å². The van der Waals surface area contributed by atoms with Crippen LogP contribution in [0.5, 0.6) is 5.88 Å². The van der Waals surface area contributed by atoms with Gasteiger partial charge in [-0.2, -0.15) is 4.98 Å². The minimum atomic E-state index is -0.570. The number of hydrogen-bond acceptors (Lipinski definition) is 7. The fourth-order valence-electron chi connectivity index (χ4n) is 4.36. The van der Waals surface area contributed by atoms with Crippen molar-refractivity contribution in [3.63, 3.8) is 0 Å². The molecule has 9 heteroatoms. The van der Waals surface area contributed by atoms with E-state index in [4.69, 9.17) is 4.74 Å². The summed E-state index contributed by atoms with van der Waals surface area (Å²) >= 11 is 0. The van der Waals surface area contributed by atoms with Crippen LogP contribution in [0.4, 0.5) is 5.95 Å². The number of anilines is 1. The minimum Gasteiger partial charge on any atom is -0.479 e. The molecule has 4 aromatic rings. The summed E-state index contributed by atoms with van der Waals surface area (Å²) in [4.78, 5) is 4.64. The molecule has 1 fully saturated rings. The molecule has 1 aliphatic rings. The highest BCUT2D eigenvalue weighted by Crippen LogP contribution is 2.34. The molecule has 0 bridgehead atoms. The summed E-state index contributed by atoms with van der Waals surface area (Å²) in [5, 5.41) is 26.7. The van der Waals surface area contributed by atoms with Crippen molar-refractivity contribution in [2.75, 3.05) is 12.4 Å². The molecule has 3 heterocycles. The number of rotatable bonds is 5. The van der Waals surface area contributed by atoms with E-state index in [0.29, 0.717) is 11.8 Å². The van der Waals surface area contributed by atoms with Gasteiger partial charge >= 0.3 is 0 Å². The molecule has 0 atom stereocenters. The van der Waals surface area contributed by atoms with Gasteiger partial charge in [0.2, 0.25) is 11.8 Å². The zero-order valence-corrected chi connectivity index (χ0v) is 18.0. The Labute approximate surface area is 180 Å². The maximum absolute atomic E-state index is 10.2. The van der Waals surface area contributed by atoms with E-state index in [1.165, 1.54) is 0 Å². The molecule has 1 saturated carbocycles. The summed E-state index contributed by atoms with van der Waals surface area (Å²) in [6.45, 7) is 4.71. The summed E-state index contributed by atoms with van der Waals surface area (Å²) in [5.74, 6) is 1.05. The monoisotopic (exact) mass is 421 g/mol.